The Labute approximate surface area is 141 Å². The number of fused-ring (bicyclic) bond motifs is 1. The minimum Gasteiger partial charge on any atom is -0.467 e. The molecule has 0 unspecified atom stereocenters. The normalized spacial score (nSPS) is 17.0. The van der Waals surface area contributed by atoms with E-state index in [1.54, 1.807) is 23.1 Å². The van der Waals surface area contributed by atoms with Crippen LogP contribution in [0.1, 0.15) is 24.0 Å². The zero-order valence-corrected chi connectivity index (χ0v) is 14.1. The number of anilines is 1. The topological polar surface area (TPSA) is 56.3 Å². The van der Waals surface area contributed by atoms with Gasteiger partial charge in [0.05, 0.1) is 6.61 Å². The number of rotatable bonds is 5. The van der Waals surface area contributed by atoms with Crippen LogP contribution in [0.4, 0.5) is 5.13 Å². The first-order valence-electron chi connectivity index (χ1n) is 7.02. The minimum atomic E-state index is 0.292. The molecule has 1 aliphatic carbocycles. The van der Waals surface area contributed by atoms with E-state index < -0.39 is 0 Å². The third-order valence-corrected chi connectivity index (χ3v) is 5.67. The Morgan fingerprint density at radius 2 is 2.27 bits per heavy atom. The highest BCUT2D eigenvalue weighted by molar-refractivity contribution is 8.00. The van der Waals surface area contributed by atoms with Crippen molar-refractivity contribution in [2.75, 3.05) is 12.1 Å². The Bertz CT molecular complexity index is 691. The fourth-order valence-electron chi connectivity index (χ4n) is 2.23. The standard InChI is InChI=1S/C14H14ClN3O2S2/c15-10-3-8-5-19-7-20-12(8)9(4-10)6-21-14-18-17-13(22-14)16-11-1-2-11/h3-4,11H,1-2,5-7H2,(H,16,17). The van der Waals surface area contributed by atoms with E-state index in [1.807, 2.05) is 12.1 Å². The first kappa shape index (κ1) is 14.6. The summed E-state index contributed by atoms with van der Waals surface area (Å²) in [6, 6.07) is 4.44. The lowest BCUT2D eigenvalue weighted by molar-refractivity contribution is -0.0168. The SMILES string of the molecule is Clc1cc2c(c(CSc3nnc(NC4CC4)s3)c1)OCOC2. The first-order chi connectivity index (χ1) is 10.8. The van der Waals surface area contributed by atoms with Crippen molar-refractivity contribution in [1.82, 2.24) is 10.2 Å². The molecule has 8 heteroatoms. The number of aromatic nitrogens is 2. The summed E-state index contributed by atoms with van der Waals surface area (Å²) in [7, 11) is 0. The summed E-state index contributed by atoms with van der Waals surface area (Å²) in [5.74, 6) is 1.64. The summed E-state index contributed by atoms with van der Waals surface area (Å²) in [5.41, 5.74) is 2.07. The lowest BCUT2D eigenvalue weighted by Crippen LogP contribution is -2.12. The molecule has 1 saturated carbocycles. The van der Waals surface area contributed by atoms with E-state index in [-0.39, 0.29) is 0 Å². The van der Waals surface area contributed by atoms with Gasteiger partial charge < -0.3 is 14.8 Å². The van der Waals surface area contributed by atoms with Gasteiger partial charge in [-0.25, -0.2) is 0 Å². The van der Waals surface area contributed by atoms with Gasteiger partial charge in [-0.05, 0) is 25.0 Å². The Hall–Kier alpha value is -1.02. The van der Waals surface area contributed by atoms with Crippen LogP contribution in [0.3, 0.4) is 0 Å². The quantitative estimate of drug-likeness (QED) is 0.820. The smallest absolute Gasteiger partial charge is 0.206 e. The number of nitrogens with zero attached hydrogens (tertiary/aromatic N) is 2. The van der Waals surface area contributed by atoms with Gasteiger partial charge in [0.2, 0.25) is 5.13 Å². The molecule has 5 nitrogen and oxygen atoms in total. The molecular formula is C14H14ClN3O2S2. The van der Waals surface area contributed by atoms with Crippen LogP contribution < -0.4 is 10.1 Å². The number of nitrogens with one attached hydrogen (secondary N) is 1. The minimum absolute atomic E-state index is 0.292. The Morgan fingerprint density at radius 3 is 3.14 bits per heavy atom. The average molecular weight is 356 g/mol. The summed E-state index contributed by atoms with van der Waals surface area (Å²) in [6.07, 6.45) is 2.46. The fourth-order valence-corrected chi connectivity index (χ4v) is 4.29. The zero-order valence-electron chi connectivity index (χ0n) is 11.7. The van der Waals surface area contributed by atoms with Crippen LogP contribution in [0.25, 0.3) is 0 Å². The number of benzene rings is 1. The van der Waals surface area contributed by atoms with Crippen molar-refractivity contribution in [1.29, 1.82) is 0 Å². The van der Waals surface area contributed by atoms with Crippen LogP contribution in [0.15, 0.2) is 16.5 Å². The van der Waals surface area contributed by atoms with Crippen molar-refractivity contribution < 1.29 is 9.47 Å². The summed E-state index contributed by atoms with van der Waals surface area (Å²) in [5, 5.41) is 13.4. The molecule has 22 heavy (non-hydrogen) atoms. The van der Waals surface area contributed by atoms with Gasteiger partial charge in [-0.3, -0.25) is 0 Å². The maximum atomic E-state index is 6.18. The summed E-state index contributed by atoms with van der Waals surface area (Å²) >= 11 is 9.42. The molecule has 2 aromatic rings. The van der Waals surface area contributed by atoms with Gasteiger partial charge in [0, 0.05) is 27.9 Å². The first-order valence-corrected chi connectivity index (χ1v) is 9.20. The average Bonchev–Trinajstić information content (AvgIpc) is 3.21. The second-order valence-electron chi connectivity index (χ2n) is 5.24. The van der Waals surface area contributed by atoms with Gasteiger partial charge >= 0.3 is 0 Å². The van der Waals surface area contributed by atoms with Gasteiger partial charge in [-0.2, -0.15) is 0 Å². The van der Waals surface area contributed by atoms with Gasteiger partial charge in [0.15, 0.2) is 11.1 Å². The molecule has 1 N–H and O–H groups in total. The maximum absolute atomic E-state index is 6.18. The second-order valence-corrected chi connectivity index (χ2v) is 7.88. The summed E-state index contributed by atoms with van der Waals surface area (Å²) < 4.78 is 11.9. The van der Waals surface area contributed by atoms with E-state index >= 15 is 0 Å². The lowest BCUT2D eigenvalue weighted by Gasteiger charge is -2.20. The highest BCUT2D eigenvalue weighted by Gasteiger charge is 2.22. The van der Waals surface area contributed by atoms with Crippen LogP contribution in [-0.4, -0.2) is 23.0 Å². The van der Waals surface area contributed by atoms with Crippen molar-refractivity contribution in [2.24, 2.45) is 0 Å². The third kappa shape index (κ3) is 3.32. The lowest BCUT2D eigenvalue weighted by atomic mass is 10.1. The molecule has 4 rings (SSSR count). The summed E-state index contributed by atoms with van der Waals surface area (Å²) in [4.78, 5) is 0. The van der Waals surface area contributed by atoms with Gasteiger partial charge in [-0.15, -0.1) is 10.2 Å². The van der Waals surface area contributed by atoms with E-state index in [0.717, 1.165) is 32.1 Å². The predicted molar refractivity (Wildman–Crippen MR) is 87.9 cm³/mol. The molecule has 0 bridgehead atoms. The molecule has 1 aromatic carbocycles. The molecule has 0 saturated heterocycles. The fraction of sp³-hybridized carbons (Fsp3) is 0.429. The monoisotopic (exact) mass is 355 g/mol. The van der Waals surface area contributed by atoms with Crippen LogP contribution in [0.5, 0.6) is 5.75 Å². The molecule has 0 radical (unpaired) electrons. The van der Waals surface area contributed by atoms with Crippen LogP contribution in [0.2, 0.25) is 5.02 Å². The van der Waals surface area contributed by atoms with Crippen molar-refractivity contribution in [3.8, 4) is 5.75 Å². The Morgan fingerprint density at radius 1 is 1.36 bits per heavy atom. The molecule has 0 spiro atoms. The maximum Gasteiger partial charge on any atom is 0.206 e. The van der Waals surface area contributed by atoms with E-state index in [9.17, 15) is 0 Å². The number of ether oxygens (including phenoxy) is 2. The number of hydrogen-bond donors (Lipinski definition) is 1. The number of halogens is 1. The van der Waals surface area contributed by atoms with E-state index in [4.69, 9.17) is 21.1 Å². The van der Waals surface area contributed by atoms with Gasteiger partial charge in [-0.1, -0.05) is 34.7 Å². The van der Waals surface area contributed by atoms with Crippen LogP contribution in [0, 0.1) is 0 Å². The zero-order chi connectivity index (χ0) is 14.9. The van der Waals surface area contributed by atoms with Crippen LogP contribution >= 0.6 is 34.7 Å². The van der Waals surface area contributed by atoms with Crippen molar-refractivity contribution in [3.05, 3.63) is 28.3 Å². The predicted octanol–water partition coefficient (Wildman–Crippen LogP) is 3.92. The molecule has 116 valence electrons. The van der Waals surface area contributed by atoms with E-state index in [1.165, 1.54) is 12.8 Å². The molecular weight excluding hydrogens is 342 g/mol. The largest absolute Gasteiger partial charge is 0.467 e. The molecule has 1 aliphatic heterocycles. The van der Waals surface area contributed by atoms with Crippen LogP contribution in [-0.2, 0) is 17.1 Å². The molecule has 0 amide bonds. The highest BCUT2D eigenvalue weighted by atomic mass is 35.5. The number of hydrogen-bond acceptors (Lipinski definition) is 7. The highest BCUT2D eigenvalue weighted by Crippen LogP contribution is 2.37. The molecule has 2 aliphatic rings. The van der Waals surface area contributed by atoms with Crippen molar-refractivity contribution in [2.45, 2.75) is 35.6 Å². The molecule has 1 aromatic heterocycles. The van der Waals surface area contributed by atoms with Gasteiger partial charge in [0.25, 0.3) is 0 Å². The number of thioether (sulfide) groups is 1. The van der Waals surface area contributed by atoms with Crippen molar-refractivity contribution >= 4 is 39.8 Å². The molecule has 1 fully saturated rings. The second kappa shape index (κ2) is 6.23. The van der Waals surface area contributed by atoms with E-state index in [2.05, 4.69) is 15.5 Å². The molecule has 2 heterocycles. The Kier molecular flexibility index (Phi) is 4.13. The summed E-state index contributed by atoms with van der Waals surface area (Å²) in [6.45, 7) is 0.836. The third-order valence-electron chi connectivity index (χ3n) is 3.41. The van der Waals surface area contributed by atoms with E-state index in [0.29, 0.717) is 24.5 Å². The molecule has 0 atom stereocenters. The Balaban J connectivity index is 1.46. The van der Waals surface area contributed by atoms with Gasteiger partial charge in [0.1, 0.15) is 5.75 Å². The van der Waals surface area contributed by atoms with Crippen molar-refractivity contribution in [3.63, 3.8) is 0 Å².